The van der Waals surface area contributed by atoms with Gasteiger partial charge in [0.2, 0.25) is 0 Å². The highest BCUT2D eigenvalue weighted by Gasteiger charge is 2.15. The van der Waals surface area contributed by atoms with Gasteiger partial charge in [-0.1, -0.05) is 6.92 Å². The highest BCUT2D eigenvalue weighted by atomic mass is 16.4. The second-order valence-corrected chi connectivity index (χ2v) is 5.46. The van der Waals surface area contributed by atoms with Crippen LogP contribution >= 0.6 is 0 Å². The molecule has 110 valence electrons. The van der Waals surface area contributed by atoms with Crippen molar-refractivity contribution in [2.75, 3.05) is 37.2 Å². The highest BCUT2D eigenvalue weighted by molar-refractivity contribution is 5.94. The lowest BCUT2D eigenvalue weighted by atomic mass is 10.1. The van der Waals surface area contributed by atoms with Gasteiger partial charge in [0.05, 0.1) is 17.4 Å². The van der Waals surface area contributed by atoms with E-state index >= 15 is 0 Å². The van der Waals surface area contributed by atoms with Crippen molar-refractivity contribution < 1.29 is 9.90 Å². The van der Waals surface area contributed by atoms with Gasteiger partial charge in [0, 0.05) is 13.1 Å². The van der Waals surface area contributed by atoms with Gasteiger partial charge < -0.3 is 21.1 Å². The summed E-state index contributed by atoms with van der Waals surface area (Å²) < 4.78 is 0. The molecule has 0 radical (unpaired) electrons. The molecule has 1 aliphatic heterocycles. The third-order valence-corrected chi connectivity index (χ3v) is 3.57. The summed E-state index contributed by atoms with van der Waals surface area (Å²) in [6, 6.07) is 1.49. The van der Waals surface area contributed by atoms with Crippen molar-refractivity contribution in [2.24, 2.45) is 5.92 Å². The summed E-state index contributed by atoms with van der Waals surface area (Å²) in [6.07, 6.45) is 3.97. The number of aromatic carboxylic acids is 1. The number of hydrogen-bond donors (Lipinski definition) is 3. The second kappa shape index (κ2) is 6.56. The molecular formula is C14H22N4O2. The van der Waals surface area contributed by atoms with Crippen LogP contribution in [0.1, 0.15) is 30.1 Å². The molecule has 1 unspecified atom stereocenters. The molecule has 0 saturated carbocycles. The lowest BCUT2D eigenvalue weighted by Crippen LogP contribution is -2.29. The molecule has 0 spiro atoms. The van der Waals surface area contributed by atoms with Gasteiger partial charge >= 0.3 is 5.97 Å². The van der Waals surface area contributed by atoms with Crippen LogP contribution in [0, 0.1) is 5.92 Å². The summed E-state index contributed by atoms with van der Waals surface area (Å²) in [5, 5.41) is 12.2. The predicted molar refractivity (Wildman–Crippen MR) is 78.9 cm³/mol. The van der Waals surface area contributed by atoms with Crippen LogP contribution in [0.4, 0.5) is 11.5 Å². The number of nitrogens with one attached hydrogen (secondary N) is 1. The maximum Gasteiger partial charge on any atom is 0.337 e. The first kappa shape index (κ1) is 14.6. The number of pyridine rings is 1. The maximum atomic E-state index is 11.0. The Labute approximate surface area is 119 Å². The van der Waals surface area contributed by atoms with Crippen LogP contribution < -0.4 is 11.1 Å². The topological polar surface area (TPSA) is 91.5 Å². The molecular weight excluding hydrogens is 256 g/mol. The molecule has 1 aromatic rings. The monoisotopic (exact) mass is 278 g/mol. The average molecular weight is 278 g/mol. The summed E-state index contributed by atoms with van der Waals surface area (Å²) in [7, 11) is 0. The van der Waals surface area contributed by atoms with Crippen molar-refractivity contribution in [3.05, 3.63) is 17.8 Å². The summed E-state index contributed by atoms with van der Waals surface area (Å²) in [6.45, 7) is 6.39. The van der Waals surface area contributed by atoms with Gasteiger partial charge in [-0.2, -0.15) is 0 Å². The van der Waals surface area contributed by atoms with Crippen molar-refractivity contribution in [3.63, 3.8) is 0 Å². The fourth-order valence-corrected chi connectivity index (χ4v) is 2.50. The molecule has 0 bridgehead atoms. The Hall–Kier alpha value is -1.82. The molecule has 6 heteroatoms. The molecule has 6 nitrogen and oxygen atoms in total. The van der Waals surface area contributed by atoms with E-state index in [1.165, 1.54) is 38.2 Å². The molecule has 2 rings (SSSR count). The van der Waals surface area contributed by atoms with Crippen molar-refractivity contribution in [3.8, 4) is 0 Å². The zero-order chi connectivity index (χ0) is 14.5. The Balaban J connectivity index is 1.86. The van der Waals surface area contributed by atoms with Crippen molar-refractivity contribution in [1.29, 1.82) is 0 Å². The van der Waals surface area contributed by atoms with E-state index in [0.29, 0.717) is 11.7 Å². The number of carboxylic acid groups (broad SMARTS) is 1. The summed E-state index contributed by atoms with van der Waals surface area (Å²) in [4.78, 5) is 17.6. The number of nitrogen functional groups attached to an aromatic ring is 1. The number of nitrogens with zero attached hydrogens (tertiary/aromatic N) is 2. The molecule has 1 atom stereocenters. The van der Waals surface area contributed by atoms with E-state index in [9.17, 15) is 4.79 Å². The number of nitrogens with two attached hydrogens (primary N) is 1. The van der Waals surface area contributed by atoms with Gasteiger partial charge in [0.15, 0.2) is 0 Å². The minimum absolute atomic E-state index is 0.0923. The SMILES string of the molecule is CC(CNc1cc(C(=O)O)c(N)cn1)CN1CCCC1. The van der Waals surface area contributed by atoms with Crippen LogP contribution in [0.2, 0.25) is 0 Å². The summed E-state index contributed by atoms with van der Waals surface area (Å²) in [5.74, 6) is 0.0173. The number of rotatable bonds is 6. The zero-order valence-electron chi connectivity index (χ0n) is 11.8. The molecule has 0 amide bonds. The Kier molecular flexibility index (Phi) is 4.79. The van der Waals surface area contributed by atoms with Crippen LogP contribution in [0.3, 0.4) is 0 Å². The first-order valence-electron chi connectivity index (χ1n) is 7.01. The van der Waals surface area contributed by atoms with Crippen LogP contribution in [0.25, 0.3) is 0 Å². The van der Waals surface area contributed by atoms with Crippen molar-refractivity contribution in [1.82, 2.24) is 9.88 Å². The van der Waals surface area contributed by atoms with Gasteiger partial charge in [-0.25, -0.2) is 9.78 Å². The van der Waals surface area contributed by atoms with Crippen LogP contribution in [-0.4, -0.2) is 47.1 Å². The Morgan fingerprint density at radius 3 is 2.90 bits per heavy atom. The van der Waals surface area contributed by atoms with E-state index in [2.05, 4.69) is 22.1 Å². The molecule has 2 heterocycles. The minimum atomic E-state index is -1.03. The largest absolute Gasteiger partial charge is 0.478 e. The normalized spacial score (nSPS) is 17.1. The summed E-state index contributed by atoms with van der Waals surface area (Å²) in [5.41, 5.74) is 5.86. The average Bonchev–Trinajstić information content (AvgIpc) is 2.90. The van der Waals surface area contributed by atoms with Gasteiger partial charge in [0.25, 0.3) is 0 Å². The van der Waals surface area contributed by atoms with E-state index in [1.807, 2.05) is 0 Å². The summed E-state index contributed by atoms with van der Waals surface area (Å²) >= 11 is 0. The smallest absolute Gasteiger partial charge is 0.337 e. The lowest BCUT2D eigenvalue weighted by Gasteiger charge is -2.20. The molecule has 1 aromatic heterocycles. The Morgan fingerprint density at radius 1 is 1.55 bits per heavy atom. The van der Waals surface area contributed by atoms with Gasteiger partial charge in [-0.3, -0.25) is 0 Å². The Morgan fingerprint density at radius 2 is 2.25 bits per heavy atom. The predicted octanol–water partition coefficient (Wildman–Crippen LogP) is 1.51. The molecule has 4 N–H and O–H groups in total. The zero-order valence-corrected chi connectivity index (χ0v) is 11.8. The van der Waals surface area contributed by atoms with Crippen LogP contribution in [-0.2, 0) is 0 Å². The van der Waals surface area contributed by atoms with E-state index in [0.717, 1.165) is 13.1 Å². The number of aromatic nitrogens is 1. The quantitative estimate of drug-likeness (QED) is 0.730. The number of hydrogen-bond acceptors (Lipinski definition) is 5. The number of anilines is 2. The van der Waals surface area contributed by atoms with E-state index in [1.54, 1.807) is 0 Å². The highest BCUT2D eigenvalue weighted by Crippen LogP contribution is 2.15. The number of carboxylic acids is 1. The third kappa shape index (κ3) is 3.84. The fourth-order valence-electron chi connectivity index (χ4n) is 2.50. The Bertz CT molecular complexity index is 472. The molecule has 1 aliphatic rings. The third-order valence-electron chi connectivity index (χ3n) is 3.57. The van der Waals surface area contributed by atoms with Gasteiger partial charge in [0.1, 0.15) is 5.82 Å². The minimum Gasteiger partial charge on any atom is -0.478 e. The molecule has 20 heavy (non-hydrogen) atoms. The fraction of sp³-hybridized carbons (Fsp3) is 0.571. The molecule has 1 fully saturated rings. The second-order valence-electron chi connectivity index (χ2n) is 5.46. The van der Waals surface area contributed by atoms with Crippen LogP contribution in [0.15, 0.2) is 12.3 Å². The van der Waals surface area contributed by atoms with E-state index < -0.39 is 5.97 Å². The van der Waals surface area contributed by atoms with Gasteiger partial charge in [-0.15, -0.1) is 0 Å². The molecule has 1 saturated heterocycles. The van der Waals surface area contributed by atoms with Gasteiger partial charge in [-0.05, 0) is 37.9 Å². The number of carbonyl (C=O) groups is 1. The van der Waals surface area contributed by atoms with Crippen molar-refractivity contribution in [2.45, 2.75) is 19.8 Å². The first-order chi connectivity index (χ1) is 9.56. The first-order valence-corrected chi connectivity index (χ1v) is 7.01. The maximum absolute atomic E-state index is 11.0. The van der Waals surface area contributed by atoms with E-state index in [-0.39, 0.29) is 11.3 Å². The van der Waals surface area contributed by atoms with Crippen LogP contribution in [0.5, 0.6) is 0 Å². The molecule has 0 aliphatic carbocycles. The molecule has 0 aromatic carbocycles. The standard InChI is InChI=1S/C14H22N4O2/c1-10(9-18-4-2-3-5-18)7-16-13-6-11(14(19)20)12(15)8-17-13/h6,8,10H,2-5,7,9,15H2,1H3,(H,16,17)(H,19,20). The van der Waals surface area contributed by atoms with Crippen molar-refractivity contribution >= 4 is 17.5 Å². The van der Waals surface area contributed by atoms with E-state index in [4.69, 9.17) is 10.8 Å². The lowest BCUT2D eigenvalue weighted by molar-refractivity contribution is 0.0698. The number of likely N-dealkylation sites (tertiary alicyclic amines) is 1.